The maximum absolute atomic E-state index is 8.83. The number of hydrogen-bond acceptors (Lipinski definition) is 4. The molecule has 0 saturated carbocycles. The van der Waals surface area contributed by atoms with Crippen LogP contribution in [-0.4, -0.2) is 33.9 Å². The molecule has 0 amide bonds. The molecule has 96 valence electrons. The van der Waals surface area contributed by atoms with Gasteiger partial charge in [0.1, 0.15) is 5.82 Å². The Kier molecular flexibility index (Phi) is 3.98. The second-order valence-electron chi connectivity index (χ2n) is 4.26. The van der Waals surface area contributed by atoms with E-state index in [9.17, 15) is 0 Å². The van der Waals surface area contributed by atoms with Gasteiger partial charge in [0.2, 0.25) is 0 Å². The Morgan fingerprint density at radius 1 is 1.65 bits per heavy atom. The Bertz CT molecular complexity index is 424. The van der Waals surface area contributed by atoms with Gasteiger partial charge >= 0.3 is 0 Å². The highest BCUT2D eigenvalue weighted by molar-refractivity contribution is 6.02. The zero-order valence-corrected chi connectivity index (χ0v) is 11.1. The van der Waals surface area contributed by atoms with Crippen LogP contribution >= 0.6 is 0 Å². The van der Waals surface area contributed by atoms with E-state index in [0.29, 0.717) is 11.6 Å². The van der Waals surface area contributed by atoms with E-state index in [-0.39, 0.29) is 5.84 Å². The van der Waals surface area contributed by atoms with Gasteiger partial charge in [0.15, 0.2) is 5.84 Å². The van der Waals surface area contributed by atoms with E-state index in [1.165, 1.54) is 0 Å². The van der Waals surface area contributed by atoms with Crippen LogP contribution in [0.3, 0.4) is 0 Å². The molecule has 0 aliphatic carbocycles. The van der Waals surface area contributed by atoms with Gasteiger partial charge in [0, 0.05) is 20.1 Å². The van der Waals surface area contributed by atoms with Crippen LogP contribution in [0.15, 0.2) is 5.16 Å². The zero-order chi connectivity index (χ0) is 13.2. The average molecular weight is 239 g/mol. The molecule has 1 unspecified atom stereocenters. The number of anilines is 1. The van der Waals surface area contributed by atoms with Crippen LogP contribution in [0.4, 0.5) is 5.82 Å². The average Bonchev–Trinajstić information content (AvgIpc) is 2.61. The molecular weight excluding hydrogens is 218 g/mol. The SMILES string of the molecule is CCC(C)N(C)c1c(C(N)=NO)c(C)nn1C. The molecule has 1 rings (SSSR count). The van der Waals surface area contributed by atoms with Gasteiger partial charge in [0.05, 0.1) is 11.3 Å². The number of aromatic nitrogens is 2. The first-order valence-corrected chi connectivity index (χ1v) is 5.68. The molecule has 3 N–H and O–H groups in total. The van der Waals surface area contributed by atoms with Crippen LogP contribution in [0.5, 0.6) is 0 Å². The lowest BCUT2D eigenvalue weighted by atomic mass is 10.1. The molecule has 0 aliphatic heterocycles. The van der Waals surface area contributed by atoms with E-state index in [1.54, 1.807) is 4.68 Å². The monoisotopic (exact) mass is 239 g/mol. The van der Waals surface area contributed by atoms with Crippen LogP contribution in [-0.2, 0) is 7.05 Å². The number of hydrogen-bond donors (Lipinski definition) is 2. The first-order valence-electron chi connectivity index (χ1n) is 5.68. The van der Waals surface area contributed by atoms with Crippen molar-refractivity contribution in [1.82, 2.24) is 9.78 Å². The second kappa shape index (κ2) is 5.07. The lowest BCUT2D eigenvalue weighted by Gasteiger charge is -2.26. The quantitative estimate of drug-likeness (QED) is 0.356. The summed E-state index contributed by atoms with van der Waals surface area (Å²) >= 11 is 0. The van der Waals surface area contributed by atoms with Crippen molar-refractivity contribution in [3.8, 4) is 0 Å². The maximum atomic E-state index is 8.83. The molecule has 6 nitrogen and oxygen atoms in total. The normalized spacial score (nSPS) is 13.8. The highest BCUT2D eigenvalue weighted by atomic mass is 16.4. The molecule has 1 aromatic heterocycles. The molecule has 1 aromatic rings. The van der Waals surface area contributed by atoms with Gasteiger partial charge in [-0.25, -0.2) is 0 Å². The Balaban J connectivity index is 3.32. The van der Waals surface area contributed by atoms with E-state index in [4.69, 9.17) is 10.9 Å². The van der Waals surface area contributed by atoms with Crippen molar-refractivity contribution in [3.63, 3.8) is 0 Å². The van der Waals surface area contributed by atoms with Crippen molar-refractivity contribution in [1.29, 1.82) is 0 Å². The fourth-order valence-corrected chi connectivity index (χ4v) is 1.88. The molecule has 17 heavy (non-hydrogen) atoms. The largest absolute Gasteiger partial charge is 0.409 e. The van der Waals surface area contributed by atoms with E-state index in [2.05, 4.69) is 29.0 Å². The molecule has 1 atom stereocenters. The maximum Gasteiger partial charge on any atom is 0.175 e. The topological polar surface area (TPSA) is 79.7 Å². The first-order chi connectivity index (χ1) is 7.93. The number of oxime groups is 1. The smallest absolute Gasteiger partial charge is 0.175 e. The van der Waals surface area contributed by atoms with E-state index in [1.807, 2.05) is 21.0 Å². The number of amidine groups is 1. The van der Waals surface area contributed by atoms with Crippen LogP contribution in [0.2, 0.25) is 0 Å². The Morgan fingerprint density at radius 2 is 2.24 bits per heavy atom. The summed E-state index contributed by atoms with van der Waals surface area (Å²) in [5.41, 5.74) is 7.16. The van der Waals surface area contributed by atoms with Gasteiger partial charge in [-0.2, -0.15) is 5.10 Å². The minimum Gasteiger partial charge on any atom is -0.409 e. The number of rotatable bonds is 4. The van der Waals surface area contributed by atoms with E-state index < -0.39 is 0 Å². The fourth-order valence-electron chi connectivity index (χ4n) is 1.88. The molecular formula is C11H21N5O. The van der Waals surface area contributed by atoms with Gasteiger partial charge < -0.3 is 15.8 Å². The lowest BCUT2D eigenvalue weighted by molar-refractivity contribution is 0.318. The third-order valence-electron chi connectivity index (χ3n) is 3.14. The second-order valence-corrected chi connectivity index (χ2v) is 4.26. The summed E-state index contributed by atoms with van der Waals surface area (Å²) in [4.78, 5) is 2.09. The highest BCUT2D eigenvalue weighted by Crippen LogP contribution is 2.24. The first kappa shape index (κ1) is 13.3. The number of aryl methyl sites for hydroxylation is 2. The summed E-state index contributed by atoms with van der Waals surface area (Å²) in [5.74, 6) is 0.966. The molecule has 0 aliphatic rings. The van der Waals surface area contributed by atoms with Gasteiger partial charge in [-0.1, -0.05) is 12.1 Å². The van der Waals surface area contributed by atoms with Crippen LogP contribution < -0.4 is 10.6 Å². The predicted molar refractivity (Wildman–Crippen MR) is 68.6 cm³/mol. The molecule has 0 spiro atoms. The Morgan fingerprint density at radius 3 is 2.71 bits per heavy atom. The predicted octanol–water partition coefficient (Wildman–Crippen LogP) is 1.06. The van der Waals surface area contributed by atoms with E-state index >= 15 is 0 Å². The van der Waals surface area contributed by atoms with Crippen molar-refractivity contribution in [2.24, 2.45) is 17.9 Å². The summed E-state index contributed by atoms with van der Waals surface area (Å²) in [7, 11) is 3.84. The summed E-state index contributed by atoms with van der Waals surface area (Å²) in [6.07, 6.45) is 1.01. The number of nitrogens with zero attached hydrogens (tertiary/aromatic N) is 4. The third kappa shape index (κ3) is 2.35. The van der Waals surface area contributed by atoms with Crippen molar-refractivity contribution >= 4 is 11.7 Å². The fraction of sp³-hybridized carbons (Fsp3) is 0.636. The molecule has 6 heteroatoms. The van der Waals surface area contributed by atoms with Crippen molar-refractivity contribution in [2.45, 2.75) is 33.2 Å². The molecule has 0 fully saturated rings. The van der Waals surface area contributed by atoms with Crippen LogP contribution in [0.1, 0.15) is 31.5 Å². The molecule has 0 aromatic carbocycles. The van der Waals surface area contributed by atoms with Gasteiger partial charge in [-0.3, -0.25) is 4.68 Å². The van der Waals surface area contributed by atoms with Gasteiger partial charge in [-0.05, 0) is 20.3 Å². The van der Waals surface area contributed by atoms with Crippen LogP contribution in [0, 0.1) is 6.92 Å². The third-order valence-corrected chi connectivity index (χ3v) is 3.14. The van der Waals surface area contributed by atoms with Gasteiger partial charge in [-0.15, -0.1) is 0 Å². The van der Waals surface area contributed by atoms with E-state index in [0.717, 1.165) is 17.9 Å². The molecule has 0 saturated heterocycles. The minimum atomic E-state index is 0.0979. The summed E-state index contributed by atoms with van der Waals surface area (Å²) in [5, 5.41) is 16.2. The molecule has 0 radical (unpaired) electrons. The van der Waals surface area contributed by atoms with Gasteiger partial charge in [0.25, 0.3) is 0 Å². The number of nitrogens with two attached hydrogens (primary N) is 1. The Hall–Kier alpha value is -1.72. The molecule has 1 heterocycles. The summed E-state index contributed by atoms with van der Waals surface area (Å²) in [6, 6.07) is 0.357. The summed E-state index contributed by atoms with van der Waals surface area (Å²) < 4.78 is 1.76. The van der Waals surface area contributed by atoms with Crippen molar-refractivity contribution < 1.29 is 5.21 Å². The van der Waals surface area contributed by atoms with Crippen molar-refractivity contribution in [2.75, 3.05) is 11.9 Å². The lowest BCUT2D eigenvalue weighted by Crippen LogP contribution is -2.32. The highest BCUT2D eigenvalue weighted by Gasteiger charge is 2.22. The summed E-state index contributed by atoms with van der Waals surface area (Å²) in [6.45, 7) is 6.09. The standard InChI is InChI=1S/C11H21N5O/c1-6-7(2)15(4)11-9(10(12)14-17)8(3)13-16(11)5/h7,17H,6H2,1-5H3,(H2,12,14). The minimum absolute atomic E-state index is 0.0979. The van der Waals surface area contributed by atoms with Crippen LogP contribution in [0.25, 0.3) is 0 Å². The van der Waals surface area contributed by atoms with Crippen molar-refractivity contribution in [3.05, 3.63) is 11.3 Å². The zero-order valence-electron chi connectivity index (χ0n) is 11.1. The Labute approximate surface area is 102 Å². The molecule has 0 bridgehead atoms.